The van der Waals surface area contributed by atoms with Crippen LogP contribution >= 0.6 is 23.1 Å². The molecule has 0 saturated heterocycles. The van der Waals surface area contributed by atoms with E-state index in [0.717, 1.165) is 28.8 Å². The Morgan fingerprint density at radius 3 is 3.10 bits per heavy atom. The van der Waals surface area contributed by atoms with Crippen LogP contribution in [0.1, 0.15) is 26.7 Å². The van der Waals surface area contributed by atoms with E-state index in [9.17, 15) is 4.79 Å². The maximum atomic E-state index is 12.1. The molecule has 4 nitrogen and oxygen atoms in total. The fraction of sp³-hybridized carbons (Fsp3) is 0.429. The number of carbonyl (C=O) groups is 1. The molecule has 1 aromatic carbocycles. The van der Waals surface area contributed by atoms with E-state index >= 15 is 0 Å². The number of nitrogens with two attached hydrogens (primary N) is 1. The average molecular weight is 309 g/mol. The van der Waals surface area contributed by atoms with Gasteiger partial charge in [-0.15, -0.1) is 11.8 Å². The maximum Gasteiger partial charge on any atom is 0.238 e. The summed E-state index contributed by atoms with van der Waals surface area (Å²) in [6.07, 6.45) is 2.29. The summed E-state index contributed by atoms with van der Waals surface area (Å²) in [7, 11) is 0. The number of nitrogens with one attached hydrogen (secondary N) is 1. The van der Waals surface area contributed by atoms with Crippen LogP contribution in [0.2, 0.25) is 0 Å². The Morgan fingerprint density at radius 2 is 2.35 bits per heavy atom. The third-order valence-electron chi connectivity index (χ3n) is 2.88. The predicted octanol–water partition coefficient (Wildman–Crippen LogP) is 3.74. The molecule has 0 saturated carbocycles. The number of hydrogen-bond acceptors (Lipinski definition) is 5. The molecule has 0 fully saturated rings. The Labute approximate surface area is 127 Å². The fourth-order valence-electron chi connectivity index (χ4n) is 1.68. The molecule has 3 N–H and O–H groups in total. The van der Waals surface area contributed by atoms with Crippen molar-refractivity contribution in [2.24, 2.45) is 0 Å². The number of unbranched alkanes of at least 4 members (excludes halogenated alkanes) is 1. The number of fused-ring (bicyclic) bond motifs is 1. The quantitative estimate of drug-likeness (QED) is 0.630. The van der Waals surface area contributed by atoms with Gasteiger partial charge in [-0.2, -0.15) is 0 Å². The Morgan fingerprint density at radius 1 is 1.55 bits per heavy atom. The number of nitrogens with zero attached hydrogens (tertiary/aromatic N) is 1. The van der Waals surface area contributed by atoms with Gasteiger partial charge in [0.1, 0.15) is 0 Å². The van der Waals surface area contributed by atoms with Crippen LogP contribution in [0.4, 0.5) is 10.8 Å². The lowest BCUT2D eigenvalue weighted by Gasteiger charge is -2.09. The monoisotopic (exact) mass is 309 g/mol. The van der Waals surface area contributed by atoms with Crippen LogP contribution in [-0.4, -0.2) is 21.9 Å². The zero-order valence-electron chi connectivity index (χ0n) is 11.7. The molecule has 1 unspecified atom stereocenters. The van der Waals surface area contributed by atoms with Gasteiger partial charge in [0.05, 0.1) is 15.5 Å². The number of rotatable bonds is 6. The number of thioether (sulfide) groups is 1. The van der Waals surface area contributed by atoms with Gasteiger partial charge in [0.2, 0.25) is 5.91 Å². The van der Waals surface area contributed by atoms with Crippen molar-refractivity contribution in [3.05, 3.63) is 18.2 Å². The largest absolute Gasteiger partial charge is 0.399 e. The molecule has 1 atom stereocenters. The second-order valence-corrected chi connectivity index (χ2v) is 7.08. The van der Waals surface area contributed by atoms with E-state index in [4.69, 9.17) is 5.73 Å². The fourth-order valence-corrected chi connectivity index (χ4v) is 3.62. The zero-order valence-corrected chi connectivity index (χ0v) is 13.3. The van der Waals surface area contributed by atoms with Crippen molar-refractivity contribution in [1.82, 2.24) is 4.98 Å². The van der Waals surface area contributed by atoms with Gasteiger partial charge < -0.3 is 11.1 Å². The Kier molecular flexibility index (Phi) is 5.25. The molecule has 2 aromatic rings. The highest BCUT2D eigenvalue weighted by Gasteiger charge is 2.15. The maximum absolute atomic E-state index is 12.1. The summed E-state index contributed by atoms with van der Waals surface area (Å²) in [5.74, 6) is 1.03. The van der Waals surface area contributed by atoms with Crippen LogP contribution in [0.3, 0.4) is 0 Å². The van der Waals surface area contributed by atoms with Crippen molar-refractivity contribution in [3.63, 3.8) is 0 Å². The molecule has 0 radical (unpaired) electrons. The summed E-state index contributed by atoms with van der Waals surface area (Å²) in [6.45, 7) is 4.08. The third-order valence-corrected chi connectivity index (χ3v) is 5.05. The normalized spacial score (nSPS) is 12.5. The molecule has 0 aliphatic carbocycles. The highest BCUT2D eigenvalue weighted by Crippen LogP contribution is 2.28. The molecule has 0 aliphatic rings. The predicted molar refractivity (Wildman–Crippen MR) is 89.5 cm³/mol. The lowest BCUT2D eigenvalue weighted by atomic mass is 10.3. The first-order valence-corrected chi connectivity index (χ1v) is 8.55. The molecule has 6 heteroatoms. The molecule has 108 valence electrons. The van der Waals surface area contributed by atoms with Crippen molar-refractivity contribution >= 4 is 50.0 Å². The molecule has 20 heavy (non-hydrogen) atoms. The SMILES string of the molecule is CCCCSC(C)C(=O)Nc1nc2ccc(N)cc2s1. The molecular formula is C14H19N3OS2. The summed E-state index contributed by atoms with van der Waals surface area (Å²) < 4.78 is 0.992. The minimum absolute atomic E-state index is 0.0122. The van der Waals surface area contributed by atoms with Crippen LogP contribution in [0, 0.1) is 0 Å². The number of anilines is 2. The van der Waals surface area contributed by atoms with Gasteiger partial charge in [0, 0.05) is 5.69 Å². The average Bonchev–Trinajstić information content (AvgIpc) is 2.80. The molecule has 1 heterocycles. The first kappa shape index (κ1) is 15.1. The second kappa shape index (κ2) is 6.95. The van der Waals surface area contributed by atoms with Crippen molar-refractivity contribution in [3.8, 4) is 0 Å². The van der Waals surface area contributed by atoms with Gasteiger partial charge >= 0.3 is 0 Å². The van der Waals surface area contributed by atoms with E-state index in [1.807, 2.05) is 25.1 Å². The molecule has 0 bridgehead atoms. The van der Waals surface area contributed by atoms with Crippen molar-refractivity contribution in [1.29, 1.82) is 0 Å². The minimum Gasteiger partial charge on any atom is -0.399 e. The molecular weight excluding hydrogens is 290 g/mol. The number of benzene rings is 1. The van der Waals surface area contributed by atoms with Gasteiger partial charge in [-0.25, -0.2) is 4.98 Å². The van der Waals surface area contributed by atoms with E-state index < -0.39 is 0 Å². The van der Waals surface area contributed by atoms with E-state index in [2.05, 4.69) is 17.2 Å². The Hall–Kier alpha value is -1.27. The van der Waals surface area contributed by atoms with Crippen LogP contribution < -0.4 is 11.1 Å². The highest BCUT2D eigenvalue weighted by atomic mass is 32.2. The highest BCUT2D eigenvalue weighted by molar-refractivity contribution is 8.00. The van der Waals surface area contributed by atoms with Crippen LogP contribution in [-0.2, 0) is 4.79 Å². The molecule has 1 amide bonds. The van der Waals surface area contributed by atoms with Gasteiger partial charge in [0.25, 0.3) is 0 Å². The second-order valence-electron chi connectivity index (χ2n) is 4.60. The number of hydrogen-bond donors (Lipinski definition) is 2. The van der Waals surface area contributed by atoms with Gasteiger partial charge in [-0.3, -0.25) is 4.79 Å². The Balaban J connectivity index is 1.98. The smallest absolute Gasteiger partial charge is 0.238 e. The van der Waals surface area contributed by atoms with Crippen LogP contribution in [0.15, 0.2) is 18.2 Å². The van der Waals surface area contributed by atoms with Gasteiger partial charge in [0.15, 0.2) is 5.13 Å². The first-order valence-electron chi connectivity index (χ1n) is 6.68. The van der Waals surface area contributed by atoms with Crippen molar-refractivity contribution < 1.29 is 4.79 Å². The van der Waals surface area contributed by atoms with E-state index in [-0.39, 0.29) is 11.2 Å². The summed E-state index contributed by atoms with van der Waals surface area (Å²) in [4.78, 5) is 16.5. The van der Waals surface area contributed by atoms with Gasteiger partial charge in [-0.05, 0) is 37.3 Å². The number of aromatic nitrogens is 1. The van der Waals surface area contributed by atoms with E-state index in [0.29, 0.717) is 10.8 Å². The number of nitrogen functional groups attached to an aromatic ring is 1. The summed E-state index contributed by atoms with van der Waals surface area (Å²) in [6, 6.07) is 5.56. The standard InChI is InChI=1S/C14H19N3OS2/c1-3-4-7-19-9(2)13(18)17-14-16-11-6-5-10(15)8-12(11)20-14/h5-6,8-9H,3-4,7,15H2,1-2H3,(H,16,17,18). The number of thiazole rings is 1. The first-order chi connectivity index (χ1) is 9.60. The lowest BCUT2D eigenvalue weighted by Crippen LogP contribution is -2.22. The van der Waals surface area contributed by atoms with Crippen LogP contribution in [0.25, 0.3) is 10.2 Å². The molecule has 0 spiro atoms. The molecule has 1 aromatic heterocycles. The van der Waals surface area contributed by atoms with E-state index in [1.54, 1.807) is 11.8 Å². The molecule has 2 rings (SSSR count). The Bertz CT molecular complexity index is 597. The number of carbonyl (C=O) groups excluding carboxylic acids is 1. The summed E-state index contributed by atoms with van der Waals surface area (Å²) in [5, 5.41) is 3.47. The number of amides is 1. The van der Waals surface area contributed by atoms with Crippen LogP contribution in [0.5, 0.6) is 0 Å². The topological polar surface area (TPSA) is 68.0 Å². The van der Waals surface area contributed by atoms with Crippen molar-refractivity contribution in [2.45, 2.75) is 31.9 Å². The van der Waals surface area contributed by atoms with Gasteiger partial charge in [-0.1, -0.05) is 24.7 Å². The summed E-state index contributed by atoms with van der Waals surface area (Å²) in [5.41, 5.74) is 7.32. The minimum atomic E-state index is -0.0568. The lowest BCUT2D eigenvalue weighted by molar-refractivity contribution is -0.115. The van der Waals surface area contributed by atoms with E-state index in [1.165, 1.54) is 11.3 Å². The van der Waals surface area contributed by atoms with Crippen molar-refractivity contribution in [2.75, 3.05) is 16.8 Å². The molecule has 0 aliphatic heterocycles. The third kappa shape index (κ3) is 3.86. The summed E-state index contributed by atoms with van der Waals surface area (Å²) >= 11 is 3.14. The zero-order chi connectivity index (χ0) is 14.5.